The van der Waals surface area contributed by atoms with E-state index in [9.17, 15) is 9.59 Å². The first kappa shape index (κ1) is 17.0. The number of hydrogen-bond acceptors (Lipinski definition) is 2. The second-order valence-electron chi connectivity index (χ2n) is 5.67. The van der Waals surface area contributed by atoms with Crippen LogP contribution in [-0.4, -0.2) is 29.5 Å². The van der Waals surface area contributed by atoms with Crippen LogP contribution in [0.15, 0.2) is 54.6 Å². The Morgan fingerprint density at radius 2 is 1.68 bits per heavy atom. The zero-order valence-electron chi connectivity index (χ0n) is 13.8. The fourth-order valence-electron chi connectivity index (χ4n) is 2.68. The third-order valence-electron chi connectivity index (χ3n) is 3.97. The lowest BCUT2D eigenvalue weighted by Crippen LogP contribution is -2.35. The standard InChI is InChI=1S/C19H18ClN3O2/c1-23-16-8-3-2-5-13(16)12-17(23)19(25)22-10-9-21-18(24)14-6-4-7-15(20)11-14/h2-8,11-12H,9-10H2,1H3,(H,21,24)(H,22,25). The van der Waals surface area contributed by atoms with Crippen LogP contribution in [0.4, 0.5) is 0 Å². The van der Waals surface area contributed by atoms with Crippen LogP contribution in [0.5, 0.6) is 0 Å². The van der Waals surface area contributed by atoms with Crippen LogP contribution < -0.4 is 10.6 Å². The summed E-state index contributed by atoms with van der Waals surface area (Å²) in [7, 11) is 1.86. The van der Waals surface area contributed by atoms with Gasteiger partial charge in [-0.25, -0.2) is 0 Å². The molecule has 0 spiro atoms. The van der Waals surface area contributed by atoms with E-state index in [2.05, 4.69) is 10.6 Å². The smallest absolute Gasteiger partial charge is 0.267 e. The highest BCUT2D eigenvalue weighted by molar-refractivity contribution is 6.30. The number of nitrogens with zero attached hydrogens (tertiary/aromatic N) is 1. The van der Waals surface area contributed by atoms with E-state index in [-0.39, 0.29) is 11.8 Å². The van der Waals surface area contributed by atoms with E-state index in [4.69, 9.17) is 11.6 Å². The highest BCUT2D eigenvalue weighted by Gasteiger charge is 2.12. The minimum atomic E-state index is -0.221. The number of nitrogens with one attached hydrogen (secondary N) is 2. The van der Waals surface area contributed by atoms with Gasteiger partial charge < -0.3 is 15.2 Å². The van der Waals surface area contributed by atoms with E-state index < -0.39 is 0 Å². The van der Waals surface area contributed by atoms with Crippen LogP contribution in [-0.2, 0) is 7.05 Å². The minimum absolute atomic E-state index is 0.171. The number of benzene rings is 2. The Labute approximate surface area is 150 Å². The van der Waals surface area contributed by atoms with Gasteiger partial charge in [0.15, 0.2) is 0 Å². The van der Waals surface area contributed by atoms with Crippen LogP contribution in [0.2, 0.25) is 5.02 Å². The zero-order valence-corrected chi connectivity index (χ0v) is 14.5. The molecule has 0 atom stereocenters. The first-order valence-corrected chi connectivity index (χ1v) is 8.30. The number of fused-ring (bicyclic) bond motifs is 1. The molecule has 0 radical (unpaired) electrons. The van der Waals surface area contributed by atoms with E-state index in [1.807, 2.05) is 41.9 Å². The molecule has 0 saturated carbocycles. The zero-order chi connectivity index (χ0) is 17.8. The van der Waals surface area contributed by atoms with E-state index in [0.29, 0.717) is 29.4 Å². The molecule has 5 nitrogen and oxygen atoms in total. The number of aryl methyl sites for hydroxylation is 1. The van der Waals surface area contributed by atoms with Crippen LogP contribution >= 0.6 is 11.6 Å². The molecule has 0 unspecified atom stereocenters. The van der Waals surface area contributed by atoms with Crippen molar-refractivity contribution in [1.82, 2.24) is 15.2 Å². The van der Waals surface area contributed by atoms with E-state index in [0.717, 1.165) is 10.9 Å². The Balaban J connectivity index is 1.54. The largest absolute Gasteiger partial charge is 0.350 e. The van der Waals surface area contributed by atoms with Crippen LogP contribution in [0.1, 0.15) is 20.8 Å². The Morgan fingerprint density at radius 1 is 0.960 bits per heavy atom. The molecule has 2 N–H and O–H groups in total. The van der Waals surface area contributed by atoms with Gasteiger partial charge in [0.2, 0.25) is 0 Å². The van der Waals surface area contributed by atoms with Crippen LogP contribution in [0, 0.1) is 0 Å². The molecule has 128 valence electrons. The number of carbonyl (C=O) groups is 2. The molecule has 0 aliphatic carbocycles. The monoisotopic (exact) mass is 355 g/mol. The normalized spacial score (nSPS) is 10.6. The predicted molar refractivity (Wildman–Crippen MR) is 99.0 cm³/mol. The maximum Gasteiger partial charge on any atom is 0.267 e. The molecule has 2 amide bonds. The summed E-state index contributed by atoms with van der Waals surface area (Å²) in [5.41, 5.74) is 2.08. The van der Waals surface area contributed by atoms with Crippen LogP contribution in [0.25, 0.3) is 10.9 Å². The van der Waals surface area contributed by atoms with Crippen molar-refractivity contribution in [2.75, 3.05) is 13.1 Å². The lowest BCUT2D eigenvalue weighted by atomic mass is 10.2. The molecule has 2 aromatic carbocycles. The molecule has 1 aromatic heterocycles. The first-order chi connectivity index (χ1) is 12.1. The summed E-state index contributed by atoms with van der Waals surface area (Å²) in [6, 6.07) is 16.4. The van der Waals surface area contributed by atoms with Gasteiger partial charge >= 0.3 is 0 Å². The SMILES string of the molecule is Cn1c(C(=O)NCCNC(=O)c2cccc(Cl)c2)cc2ccccc21. The van der Waals surface area contributed by atoms with Crippen LogP contribution in [0.3, 0.4) is 0 Å². The van der Waals surface area contributed by atoms with Crippen molar-refractivity contribution < 1.29 is 9.59 Å². The average molecular weight is 356 g/mol. The molecule has 3 aromatic rings. The number of amides is 2. The summed E-state index contributed by atoms with van der Waals surface area (Å²) in [6.45, 7) is 0.674. The van der Waals surface area contributed by atoms with E-state index in [1.165, 1.54) is 0 Å². The summed E-state index contributed by atoms with van der Waals surface area (Å²) in [5.74, 6) is -0.392. The lowest BCUT2D eigenvalue weighted by molar-refractivity contribution is 0.0923. The van der Waals surface area contributed by atoms with Gasteiger partial charge in [-0.1, -0.05) is 35.9 Å². The van der Waals surface area contributed by atoms with E-state index >= 15 is 0 Å². The number of rotatable bonds is 5. The summed E-state index contributed by atoms with van der Waals surface area (Å²) < 4.78 is 1.86. The Morgan fingerprint density at radius 3 is 2.40 bits per heavy atom. The summed E-state index contributed by atoms with van der Waals surface area (Å²) in [5, 5.41) is 7.10. The number of hydrogen-bond donors (Lipinski definition) is 2. The molecule has 1 heterocycles. The molecule has 0 fully saturated rings. The highest BCUT2D eigenvalue weighted by Crippen LogP contribution is 2.18. The molecule has 0 aliphatic rings. The molecule has 0 aliphatic heterocycles. The molecular weight excluding hydrogens is 338 g/mol. The quantitative estimate of drug-likeness (QED) is 0.691. The highest BCUT2D eigenvalue weighted by atomic mass is 35.5. The lowest BCUT2D eigenvalue weighted by Gasteiger charge is -2.08. The molecule has 0 bridgehead atoms. The molecule has 0 saturated heterocycles. The van der Waals surface area contributed by atoms with Crippen molar-refractivity contribution in [3.63, 3.8) is 0 Å². The van der Waals surface area contributed by atoms with Gasteiger partial charge in [0.25, 0.3) is 11.8 Å². The van der Waals surface area contributed by atoms with Crippen molar-refractivity contribution >= 4 is 34.3 Å². The van der Waals surface area contributed by atoms with E-state index in [1.54, 1.807) is 24.3 Å². The van der Waals surface area contributed by atoms with Gasteiger partial charge in [-0.15, -0.1) is 0 Å². The van der Waals surface area contributed by atoms with Gasteiger partial charge in [0, 0.05) is 41.6 Å². The van der Waals surface area contributed by atoms with Crippen molar-refractivity contribution in [3.8, 4) is 0 Å². The van der Waals surface area contributed by atoms with Gasteiger partial charge in [-0.3, -0.25) is 9.59 Å². The second kappa shape index (κ2) is 7.40. The third-order valence-corrected chi connectivity index (χ3v) is 4.20. The maximum absolute atomic E-state index is 12.3. The Hall–Kier alpha value is -2.79. The predicted octanol–water partition coefficient (Wildman–Crippen LogP) is 2.99. The molecule has 6 heteroatoms. The van der Waals surface area contributed by atoms with Crippen molar-refractivity contribution in [1.29, 1.82) is 0 Å². The number of carbonyl (C=O) groups excluding carboxylic acids is 2. The van der Waals surface area contributed by atoms with Crippen molar-refractivity contribution in [2.24, 2.45) is 7.05 Å². The van der Waals surface area contributed by atoms with Crippen molar-refractivity contribution in [2.45, 2.75) is 0 Å². The Bertz CT molecular complexity index is 933. The number of halogens is 1. The van der Waals surface area contributed by atoms with Gasteiger partial charge in [-0.2, -0.15) is 0 Å². The maximum atomic E-state index is 12.3. The topological polar surface area (TPSA) is 63.1 Å². The van der Waals surface area contributed by atoms with Gasteiger partial charge in [-0.05, 0) is 30.3 Å². The molecule has 25 heavy (non-hydrogen) atoms. The first-order valence-electron chi connectivity index (χ1n) is 7.92. The third kappa shape index (κ3) is 3.83. The number of aromatic nitrogens is 1. The molecular formula is C19H18ClN3O2. The van der Waals surface area contributed by atoms with Gasteiger partial charge in [0.05, 0.1) is 0 Å². The number of para-hydroxylation sites is 1. The fourth-order valence-corrected chi connectivity index (χ4v) is 2.87. The minimum Gasteiger partial charge on any atom is -0.350 e. The average Bonchev–Trinajstić information content (AvgIpc) is 2.95. The molecule has 3 rings (SSSR count). The van der Waals surface area contributed by atoms with Gasteiger partial charge in [0.1, 0.15) is 5.69 Å². The summed E-state index contributed by atoms with van der Waals surface area (Å²) >= 11 is 5.87. The summed E-state index contributed by atoms with van der Waals surface area (Å²) in [4.78, 5) is 24.3. The van der Waals surface area contributed by atoms with Crippen molar-refractivity contribution in [3.05, 3.63) is 70.9 Å². The second-order valence-corrected chi connectivity index (χ2v) is 6.11. The fraction of sp³-hybridized carbons (Fsp3) is 0.158. The summed E-state index contributed by atoms with van der Waals surface area (Å²) in [6.07, 6.45) is 0. The Kier molecular flexibility index (Phi) is 5.05.